The highest BCUT2D eigenvalue weighted by Crippen LogP contribution is 2.30. The quantitative estimate of drug-likeness (QED) is 0.169. The number of piperazine rings is 1. The molecule has 1 amide bonds. The minimum Gasteiger partial charge on any atom is -0.464 e. The van der Waals surface area contributed by atoms with Gasteiger partial charge in [0, 0.05) is 32.7 Å². The highest BCUT2D eigenvalue weighted by Gasteiger charge is 2.26. The molecule has 1 heterocycles. The zero-order chi connectivity index (χ0) is 26.1. The minimum absolute atomic E-state index is 0.0301. The number of carboxylic acid groups (broad SMARTS) is 1. The van der Waals surface area contributed by atoms with E-state index in [2.05, 4.69) is 34.1 Å². The van der Waals surface area contributed by atoms with Crippen molar-refractivity contribution in [1.29, 1.82) is 0 Å². The van der Waals surface area contributed by atoms with Crippen molar-refractivity contribution in [2.75, 3.05) is 45.9 Å². The number of benzene rings is 2. The standard InChI is InChI=1S/C27H38N4O5/c1-27(2,3)36-24(32)20-35-18-17-29-13-15-30(16-14-29)25(22-7-5-4-6-8-22)23-11-9-21(10-12-23)19-31(28)26(33)34/h4-12,25H,13-20,28H2,1-3H3,(H,33,34). The third kappa shape index (κ3) is 8.60. The van der Waals surface area contributed by atoms with Gasteiger partial charge in [0.25, 0.3) is 0 Å². The maximum atomic E-state index is 11.8. The lowest BCUT2D eigenvalue weighted by Crippen LogP contribution is -2.48. The molecule has 1 aliphatic rings. The lowest BCUT2D eigenvalue weighted by molar-refractivity contribution is -0.160. The van der Waals surface area contributed by atoms with Gasteiger partial charge in [-0.1, -0.05) is 54.6 Å². The number of hydrazine groups is 1. The Labute approximate surface area is 213 Å². The van der Waals surface area contributed by atoms with Crippen molar-refractivity contribution in [2.24, 2.45) is 5.84 Å². The second-order valence-electron chi connectivity index (χ2n) is 9.98. The predicted molar refractivity (Wildman–Crippen MR) is 137 cm³/mol. The summed E-state index contributed by atoms with van der Waals surface area (Å²) in [5, 5.41) is 9.80. The number of carbonyl (C=O) groups is 2. The van der Waals surface area contributed by atoms with E-state index in [-0.39, 0.29) is 25.2 Å². The van der Waals surface area contributed by atoms with E-state index in [1.54, 1.807) is 0 Å². The average molecular weight is 499 g/mol. The number of hydrogen-bond donors (Lipinski definition) is 2. The van der Waals surface area contributed by atoms with Gasteiger partial charge in [-0.15, -0.1) is 0 Å². The van der Waals surface area contributed by atoms with E-state index >= 15 is 0 Å². The molecule has 2 aromatic rings. The summed E-state index contributed by atoms with van der Waals surface area (Å²) in [5.74, 6) is 5.20. The Balaban J connectivity index is 1.56. The van der Waals surface area contributed by atoms with Crippen LogP contribution in [0.2, 0.25) is 0 Å². The smallest absolute Gasteiger partial charge is 0.421 e. The maximum absolute atomic E-state index is 11.8. The van der Waals surface area contributed by atoms with Gasteiger partial charge >= 0.3 is 12.1 Å². The van der Waals surface area contributed by atoms with Crippen LogP contribution in [0.3, 0.4) is 0 Å². The topological polar surface area (TPSA) is 109 Å². The molecule has 36 heavy (non-hydrogen) atoms. The first-order valence-electron chi connectivity index (χ1n) is 12.3. The SMILES string of the molecule is CC(C)(C)OC(=O)COCCN1CCN(C(c2ccccc2)c2ccc(CN(N)C(=O)O)cc2)CC1. The molecule has 1 saturated heterocycles. The second-order valence-corrected chi connectivity index (χ2v) is 9.98. The van der Waals surface area contributed by atoms with E-state index in [1.165, 1.54) is 5.56 Å². The summed E-state index contributed by atoms with van der Waals surface area (Å²) >= 11 is 0. The van der Waals surface area contributed by atoms with Crippen LogP contribution in [0.25, 0.3) is 0 Å². The summed E-state index contributed by atoms with van der Waals surface area (Å²) in [6, 6.07) is 18.5. The van der Waals surface area contributed by atoms with Crippen molar-refractivity contribution in [1.82, 2.24) is 14.8 Å². The van der Waals surface area contributed by atoms with E-state index in [0.717, 1.165) is 48.9 Å². The van der Waals surface area contributed by atoms with Crippen LogP contribution >= 0.6 is 0 Å². The zero-order valence-electron chi connectivity index (χ0n) is 21.4. The van der Waals surface area contributed by atoms with Crippen molar-refractivity contribution in [3.63, 3.8) is 0 Å². The van der Waals surface area contributed by atoms with Gasteiger partial charge in [0.15, 0.2) is 0 Å². The molecule has 9 nitrogen and oxygen atoms in total. The lowest BCUT2D eigenvalue weighted by Gasteiger charge is -2.39. The van der Waals surface area contributed by atoms with E-state index in [0.29, 0.717) is 6.61 Å². The minimum atomic E-state index is -1.16. The predicted octanol–water partition coefficient (Wildman–Crippen LogP) is 3.11. The van der Waals surface area contributed by atoms with E-state index < -0.39 is 11.7 Å². The van der Waals surface area contributed by atoms with Crippen LogP contribution in [0.1, 0.15) is 43.5 Å². The molecule has 1 atom stereocenters. The van der Waals surface area contributed by atoms with Crippen LogP contribution in [0.4, 0.5) is 4.79 Å². The lowest BCUT2D eigenvalue weighted by atomic mass is 9.95. The molecule has 9 heteroatoms. The summed E-state index contributed by atoms with van der Waals surface area (Å²) < 4.78 is 10.8. The Morgan fingerprint density at radius 3 is 2.19 bits per heavy atom. The van der Waals surface area contributed by atoms with Crippen molar-refractivity contribution < 1.29 is 24.2 Å². The van der Waals surface area contributed by atoms with Gasteiger partial charge in [-0.05, 0) is 37.5 Å². The van der Waals surface area contributed by atoms with E-state index in [1.807, 2.05) is 51.1 Å². The first-order valence-corrected chi connectivity index (χ1v) is 12.3. The van der Waals surface area contributed by atoms with Crippen LogP contribution in [-0.2, 0) is 20.8 Å². The Morgan fingerprint density at radius 1 is 1.00 bits per heavy atom. The van der Waals surface area contributed by atoms with E-state index in [4.69, 9.17) is 20.4 Å². The number of esters is 1. The molecule has 0 radical (unpaired) electrons. The molecule has 3 rings (SSSR count). The highest BCUT2D eigenvalue weighted by atomic mass is 16.6. The molecule has 0 bridgehead atoms. The number of hydrogen-bond acceptors (Lipinski definition) is 7. The summed E-state index contributed by atoms with van der Waals surface area (Å²) in [4.78, 5) is 27.6. The Bertz CT molecular complexity index is 970. The number of carbonyl (C=O) groups excluding carboxylic acids is 1. The number of rotatable bonds is 10. The molecule has 196 valence electrons. The van der Waals surface area contributed by atoms with Gasteiger partial charge in [0.2, 0.25) is 0 Å². The van der Waals surface area contributed by atoms with Crippen LogP contribution in [-0.4, -0.2) is 83.5 Å². The van der Waals surface area contributed by atoms with Crippen LogP contribution < -0.4 is 5.84 Å². The third-order valence-corrected chi connectivity index (χ3v) is 5.97. The fraction of sp³-hybridized carbons (Fsp3) is 0.481. The molecule has 0 saturated carbocycles. The van der Waals surface area contributed by atoms with Crippen LogP contribution in [0.5, 0.6) is 0 Å². The molecular weight excluding hydrogens is 460 g/mol. The van der Waals surface area contributed by atoms with Crippen molar-refractivity contribution in [3.05, 3.63) is 71.3 Å². The molecule has 3 N–H and O–H groups in total. The van der Waals surface area contributed by atoms with Crippen LogP contribution in [0, 0.1) is 0 Å². The molecule has 0 aliphatic carbocycles. The zero-order valence-corrected chi connectivity index (χ0v) is 21.4. The average Bonchev–Trinajstić information content (AvgIpc) is 2.83. The summed E-state index contributed by atoms with van der Waals surface area (Å²) in [7, 11) is 0. The van der Waals surface area contributed by atoms with Gasteiger partial charge in [-0.2, -0.15) is 0 Å². The molecule has 1 fully saturated rings. The third-order valence-electron chi connectivity index (χ3n) is 5.97. The summed E-state index contributed by atoms with van der Waals surface area (Å²) in [6.45, 7) is 10.5. The fourth-order valence-electron chi connectivity index (χ4n) is 4.28. The molecule has 2 aromatic carbocycles. The monoisotopic (exact) mass is 498 g/mol. The first kappa shape index (κ1) is 27.6. The first-order chi connectivity index (χ1) is 17.1. The number of nitrogens with two attached hydrogens (primary N) is 1. The molecule has 0 spiro atoms. The highest BCUT2D eigenvalue weighted by molar-refractivity contribution is 5.71. The van der Waals surface area contributed by atoms with E-state index in [9.17, 15) is 9.59 Å². The van der Waals surface area contributed by atoms with Crippen LogP contribution in [0.15, 0.2) is 54.6 Å². The van der Waals surface area contributed by atoms with Gasteiger partial charge < -0.3 is 14.6 Å². The number of ether oxygens (including phenoxy) is 2. The van der Waals surface area contributed by atoms with Crippen molar-refractivity contribution in [3.8, 4) is 0 Å². The van der Waals surface area contributed by atoms with Gasteiger partial charge in [0.05, 0.1) is 19.2 Å². The summed E-state index contributed by atoms with van der Waals surface area (Å²) in [5.41, 5.74) is 2.70. The number of amides is 1. The van der Waals surface area contributed by atoms with Gasteiger partial charge in [0.1, 0.15) is 12.2 Å². The van der Waals surface area contributed by atoms with Gasteiger partial charge in [-0.25, -0.2) is 20.4 Å². The largest absolute Gasteiger partial charge is 0.464 e. The normalized spacial score (nSPS) is 15.9. The Kier molecular flexibility index (Phi) is 9.83. The summed E-state index contributed by atoms with van der Waals surface area (Å²) in [6.07, 6.45) is -1.16. The number of nitrogens with zero attached hydrogens (tertiary/aromatic N) is 3. The Morgan fingerprint density at radius 2 is 1.61 bits per heavy atom. The fourth-order valence-corrected chi connectivity index (χ4v) is 4.28. The molecule has 1 unspecified atom stereocenters. The molecule has 0 aromatic heterocycles. The second kappa shape index (κ2) is 12.8. The maximum Gasteiger partial charge on any atom is 0.421 e. The molecule has 1 aliphatic heterocycles. The van der Waals surface area contributed by atoms with Gasteiger partial charge in [-0.3, -0.25) is 9.80 Å². The van der Waals surface area contributed by atoms with Crippen molar-refractivity contribution in [2.45, 2.75) is 39.0 Å². The Hall–Kier alpha value is -2.98. The molecular formula is C27H38N4O5. The van der Waals surface area contributed by atoms with Crippen molar-refractivity contribution >= 4 is 12.1 Å².